The quantitative estimate of drug-likeness (QED) is 0.167. The molecule has 0 amide bonds. The lowest BCUT2D eigenvalue weighted by Gasteiger charge is -2.46. The molecular formula is C63H49N. The molecule has 4 aliphatic rings. The third-order valence-corrected chi connectivity index (χ3v) is 15.9. The minimum Gasteiger partial charge on any atom is -0.310 e. The van der Waals surface area contributed by atoms with Crippen molar-refractivity contribution in [3.05, 3.63) is 246 Å². The summed E-state index contributed by atoms with van der Waals surface area (Å²) >= 11 is 0. The van der Waals surface area contributed by atoms with E-state index in [0.29, 0.717) is 0 Å². The van der Waals surface area contributed by atoms with E-state index in [1.54, 1.807) is 0 Å². The first-order chi connectivity index (χ1) is 31.4. The summed E-state index contributed by atoms with van der Waals surface area (Å²) in [4.78, 5) is 2.56. The summed E-state index contributed by atoms with van der Waals surface area (Å²) in [6.07, 6.45) is 4.34. The normalized spacial score (nSPS) is 16.1. The van der Waals surface area contributed by atoms with Gasteiger partial charge in [0.2, 0.25) is 0 Å². The zero-order valence-corrected chi connectivity index (χ0v) is 36.5. The zero-order chi connectivity index (χ0) is 42.6. The summed E-state index contributed by atoms with van der Waals surface area (Å²) in [7, 11) is 0. The van der Waals surface area contributed by atoms with Crippen molar-refractivity contribution in [1.82, 2.24) is 0 Å². The number of nitrogens with zero attached hydrogens (tertiary/aromatic N) is 1. The lowest BCUT2D eigenvalue weighted by Crippen LogP contribution is -2.39. The van der Waals surface area contributed by atoms with E-state index in [0.717, 1.165) is 25.7 Å². The second-order valence-electron chi connectivity index (χ2n) is 19.2. The molecule has 0 radical (unpaired) electrons. The average Bonchev–Trinajstić information content (AvgIpc) is 3.88. The highest BCUT2D eigenvalue weighted by Crippen LogP contribution is 2.64. The number of para-hydroxylation sites is 1. The van der Waals surface area contributed by atoms with E-state index >= 15 is 0 Å². The van der Waals surface area contributed by atoms with Crippen molar-refractivity contribution in [3.8, 4) is 55.6 Å². The highest BCUT2D eigenvalue weighted by molar-refractivity contribution is 5.93. The van der Waals surface area contributed by atoms with E-state index in [-0.39, 0.29) is 16.2 Å². The van der Waals surface area contributed by atoms with Crippen LogP contribution in [0.4, 0.5) is 17.1 Å². The molecule has 13 rings (SSSR count). The third kappa shape index (κ3) is 5.25. The molecule has 9 aromatic carbocycles. The maximum atomic E-state index is 2.60. The third-order valence-electron chi connectivity index (χ3n) is 15.9. The van der Waals surface area contributed by atoms with Crippen LogP contribution in [0, 0.1) is 0 Å². The minimum atomic E-state index is -0.143. The molecule has 1 heteroatoms. The van der Waals surface area contributed by atoms with Crippen molar-refractivity contribution in [2.75, 3.05) is 4.90 Å². The first kappa shape index (κ1) is 37.3. The number of benzene rings is 9. The molecule has 0 unspecified atom stereocenters. The monoisotopic (exact) mass is 819 g/mol. The molecule has 1 fully saturated rings. The van der Waals surface area contributed by atoms with Crippen molar-refractivity contribution in [3.63, 3.8) is 0 Å². The van der Waals surface area contributed by atoms with Crippen LogP contribution in [0.2, 0.25) is 0 Å². The van der Waals surface area contributed by atoms with Crippen molar-refractivity contribution >= 4 is 17.1 Å². The van der Waals surface area contributed by atoms with E-state index in [1.165, 1.54) is 106 Å². The van der Waals surface area contributed by atoms with Crippen LogP contribution >= 0.6 is 0 Å². The Morgan fingerprint density at radius 1 is 0.297 bits per heavy atom. The van der Waals surface area contributed by atoms with E-state index in [4.69, 9.17) is 0 Å². The Morgan fingerprint density at radius 3 is 1.31 bits per heavy atom. The molecule has 0 aliphatic heterocycles. The van der Waals surface area contributed by atoms with Gasteiger partial charge in [0.05, 0.1) is 5.69 Å². The molecule has 0 aromatic heterocycles. The standard InChI is InChI=1S/C63H49N/c1-61(2)54-25-13-9-22-48(54)51-33-30-45(40-57(51)61)64(60-28-16-12-21-47(60)43-19-7-4-8-20-43)46-31-34-53-52-32-29-44(42-17-5-3-6-18-42)39-58(52)63(59(53)41-46)37-35-62(36-38-63)55-26-14-10-23-49(55)50-24-11-15-27-56(50)62/h3-34,39-41H,35-38H2,1-2H3. The SMILES string of the molecule is CC1(C)c2ccccc2-c2ccc(N(c3ccc4c(c3)C3(CCC5(CC3)c3ccccc3-c3ccccc35)c3cc(-c5ccccc5)ccc3-4)c3ccccc3-c3ccccc3)cc21. The van der Waals surface area contributed by atoms with Crippen LogP contribution in [0.3, 0.4) is 0 Å². The first-order valence-electron chi connectivity index (χ1n) is 23.2. The predicted molar refractivity (Wildman–Crippen MR) is 267 cm³/mol. The molecular weight excluding hydrogens is 771 g/mol. The Kier molecular flexibility index (Phi) is 8.10. The maximum Gasteiger partial charge on any atom is 0.0540 e. The number of anilines is 3. The number of rotatable bonds is 5. The van der Waals surface area contributed by atoms with Crippen LogP contribution < -0.4 is 4.90 Å². The highest BCUT2D eigenvalue weighted by atomic mass is 15.1. The second-order valence-corrected chi connectivity index (χ2v) is 19.2. The van der Waals surface area contributed by atoms with Crippen LogP contribution in [-0.4, -0.2) is 0 Å². The lowest BCUT2D eigenvalue weighted by atomic mass is 9.57. The maximum absolute atomic E-state index is 2.60. The predicted octanol–water partition coefficient (Wildman–Crippen LogP) is 16.6. The van der Waals surface area contributed by atoms with E-state index in [1.807, 2.05) is 0 Å². The van der Waals surface area contributed by atoms with E-state index in [2.05, 4.69) is 231 Å². The van der Waals surface area contributed by atoms with E-state index in [9.17, 15) is 0 Å². The van der Waals surface area contributed by atoms with Crippen molar-refractivity contribution in [1.29, 1.82) is 0 Å². The minimum absolute atomic E-state index is 0.00542. The zero-order valence-electron chi connectivity index (χ0n) is 36.5. The first-order valence-corrected chi connectivity index (χ1v) is 23.2. The van der Waals surface area contributed by atoms with E-state index < -0.39 is 0 Å². The van der Waals surface area contributed by atoms with Crippen molar-refractivity contribution < 1.29 is 0 Å². The molecule has 0 N–H and O–H groups in total. The summed E-state index contributed by atoms with van der Waals surface area (Å²) < 4.78 is 0. The largest absolute Gasteiger partial charge is 0.310 e. The number of hydrogen-bond acceptors (Lipinski definition) is 1. The summed E-state index contributed by atoms with van der Waals surface area (Å²) in [6.45, 7) is 4.78. The van der Waals surface area contributed by atoms with Gasteiger partial charge < -0.3 is 4.90 Å². The Labute approximate surface area is 377 Å². The molecule has 0 bridgehead atoms. The molecule has 0 saturated heterocycles. The smallest absolute Gasteiger partial charge is 0.0540 e. The van der Waals surface area contributed by atoms with Crippen LogP contribution in [-0.2, 0) is 16.2 Å². The summed E-state index contributed by atoms with van der Waals surface area (Å²) in [6, 6.07) is 80.4. The molecule has 0 heterocycles. The number of hydrogen-bond donors (Lipinski definition) is 0. The van der Waals surface area contributed by atoms with Crippen LogP contribution in [0.1, 0.15) is 72.9 Å². The topological polar surface area (TPSA) is 3.24 Å². The van der Waals surface area contributed by atoms with Gasteiger partial charge in [0.1, 0.15) is 0 Å². The summed E-state index contributed by atoms with van der Waals surface area (Å²) in [5, 5.41) is 0. The summed E-state index contributed by atoms with van der Waals surface area (Å²) in [5.41, 5.74) is 25.3. The van der Waals surface area contributed by atoms with Crippen LogP contribution in [0.5, 0.6) is 0 Å². The Hall–Kier alpha value is -7.22. The fourth-order valence-corrected chi connectivity index (χ4v) is 12.8. The molecule has 64 heavy (non-hydrogen) atoms. The van der Waals surface area contributed by atoms with Gasteiger partial charge in [0, 0.05) is 33.2 Å². The van der Waals surface area contributed by atoms with Crippen LogP contribution in [0.25, 0.3) is 55.6 Å². The molecule has 2 spiro atoms. The van der Waals surface area contributed by atoms with Gasteiger partial charge in [0.15, 0.2) is 0 Å². The lowest BCUT2D eigenvalue weighted by molar-refractivity contribution is 0.265. The Morgan fingerprint density at radius 2 is 0.703 bits per heavy atom. The Bertz CT molecular complexity index is 3260. The van der Waals surface area contributed by atoms with Gasteiger partial charge in [-0.2, -0.15) is 0 Å². The number of fused-ring (bicyclic) bond motifs is 13. The van der Waals surface area contributed by atoms with Gasteiger partial charge in [-0.25, -0.2) is 0 Å². The molecule has 306 valence electrons. The van der Waals surface area contributed by atoms with Gasteiger partial charge in [0.25, 0.3) is 0 Å². The van der Waals surface area contributed by atoms with Gasteiger partial charge in [-0.3, -0.25) is 0 Å². The van der Waals surface area contributed by atoms with Gasteiger partial charge in [-0.15, -0.1) is 0 Å². The summed E-state index contributed by atoms with van der Waals surface area (Å²) in [5.74, 6) is 0. The highest BCUT2D eigenvalue weighted by Gasteiger charge is 2.53. The van der Waals surface area contributed by atoms with Gasteiger partial charge in [-0.1, -0.05) is 190 Å². The second kappa shape index (κ2) is 13.9. The fourth-order valence-electron chi connectivity index (χ4n) is 12.8. The average molecular weight is 820 g/mol. The molecule has 0 atom stereocenters. The Balaban J connectivity index is 1.01. The molecule has 1 nitrogen and oxygen atoms in total. The molecule has 1 saturated carbocycles. The van der Waals surface area contributed by atoms with Crippen molar-refractivity contribution in [2.45, 2.75) is 55.8 Å². The molecule has 4 aliphatic carbocycles. The molecule has 9 aromatic rings. The van der Waals surface area contributed by atoms with Gasteiger partial charge >= 0.3 is 0 Å². The van der Waals surface area contributed by atoms with Crippen molar-refractivity contribution in [2.24, 2.45) is 0 Å². The fraction of sp³-hybridized carbons (Fsp3) is 0.143. The van der Waals surface area contributed by atoms with Gasteiger partial charge in [-0.05, 0) is 146 Å². The van der Waals surface area contributed by atoms with Crippen LogP contribution in [0.15, 0.2) is 212 Å².